The molecule has 0 aromatic rings. The molecule has 0 aromatic heterocycles. The smallest absolute Gasteiger partial charge is 0.330 e. The Labute approximate surface area is 70.5 Å². The van der Waals surface area contributed by atoms with Crippen LogP contribution in [0.5, 0.6) is 0 Å². The molecule has 0 aliphatic rings. The van der Waals surface area contributed by atoms with E-state index in [0.29, 0.717) is 0 Å². The van der Waals surface area contributed by atoms with E-state index in [0.717, 1.165) is 6.08 Å². The molecular formula is C6H10ClO3P. The summed E-state index contributed by atoms with van der Waals surface area (Å²) in [7, 11) is 0. The molecule has 0 spiro atoms. The number of hydrogen-bond acceptors (Lipinski definition) is 3. The fourth-order valence-corrected chi connectivity index (χ4v) is 0.993. The van der Waals surface area contributed by atoms with Crippen LogP contribution >= 0.6 is 17.7 Å². The minimum absolute atomic E-state index is 0.0854. The van der Waals surface area contributed by atoms with Gasteiger partial charge in [0.2, 0.25) is 0 Å². The summed E-state index contributed by atoms with van der Waals surface area (Å²) in [5, 5.41) is 0. The third kappa shape index (κ3) is 7.63. The lowest BCUT2D eigenvalue weighted by molar-refractivity contribution is -0.137. The number of hydrogen-bond donors (Lipinski definition) is 0. The zero-order valence-electron chi connectivity index (χ0n) is 6.25. The lowest BCUT2D eigenvalue weighted by atomic mass is 10.6. The van der Waals surface area contributed by atoms with Gasteiger partial charge in [0, 0.05) is 18.9 Å². The first kappa shape index (κ1) is 10.7. The molecule has 5 heteroatoms. The van der Waals surface area contributed by atoms with Gasteiger partial charge in [0.25, 0.3) is 0 Å². The average Bonchev–Trinajstić information content (AvgIpc) is 1.85. The molecule has 0 aromatic carbocycles. The molecule has 1 unspecified atom stereocenters. The number of halogens is 1. The Morgan fingerprint density at radius 3 is 2.73 bits per heavy atom. The van der Waals surface area contributed by atoms with E-state index in [1.807, 2.05) is 0 Å². The first-order valence-corrected chi connectivity index (χ1v) is 6.25. The van der Waals surface area contributed by atoms with Gasteiger partial charge in [0.1, 0.15) is 0 Å². The predicted molar refractivity (Wildman–Crippen MR) is 45.4 cm³/mol. The van der Waals surface area contributed by atoms with Crippen LogP contribution in [0.3, 0.4) is 0 Å². The van der Waals surface area contributed by atoms with Gasteiger partial charge in [0.15, 0.2) is 6.49 Å². The van der Waals surface area contributed by atoms with Gasteiger partial charge in [-0.3, -0.25) is 0 Å². The summed E-state index contributed by atoms with van der Waals surface area (Å²) in [4.78, 5) is 10.4. The molecular weight excluding hydrogens is 186 g/mol. The van der Waals surface area contributed by atoms with Crippen LogP contribution in [0.2, 0.25) is 0 Å². The summed E-state index contributed by atoms with van der Waals surface area (Å²) in [6.45, 7) is 2.14. The summed E-state index contributed by atoms with van der Waals surface area (Å²) in [5.74, 6) is -0.518. The van der Waals surface area contributed by atoms with Crippen molar-refractivity contribution < 1.29 is 14.1 Å². The van der Waals surface area contributed by atoms with Crippen LogP contribution < -0.4 is 0 Å². The van der Waals surface area contributed by atoms with Crippen LogP contribution in [0.25, 0.3) is 0 Å². The van der Waals surface area contributed by atoms with Crippen molar-refractivity contribution >= 4 is 23.7 Å². The zero-order chi connectivity index (χ0) is 8.91. The maximum Gasteiger partial charge on any atom is 0.330 e. The first-order valence-electron chi connectivity index (χ1n) is 3.01. The third-order valence-corrected chi connectivity index (χ3v) is 2.39. The fourth-order valence-electron chi connectivity index (χ4n) is 0.368. The first-order chi connectivity index (χ1) is 4.95. The Morgan fingerprint density at radius 2 is 2.36 bits per heavy atom. The standard InChI is InChI=1S/C6H10ClO3P/c1-3-6(8)10-4-5-11(2,7)9/h3H,1,4-5H2,2H3. The van der Waals surface area contributed by atoms with Crippen LogP contribution in [-0.2, 0) is 14.1 Å². The van der Waals surface area contributed by atoms with Crippen molar-refractivity contribution in [1.82, 2.24) is 0 Å². The Bertz CT molecular complexity index is 196. The SMILES string of the molecule is C=CC(=O)OCCP(C)(=O)Cl. The van der Waals surface area contributed by atoms with Gasteiger partial charge in [-0.15, -0.1) is 0 Å². The van der Waals surface area contributed by atoms with Gasteiger partial charge >= 0.3 is 5.97 Å². The van der Waals surface area contributed by atoms with Crippen LogP contribution in [-0.4, -0.2) is 25.4 Å². The molecule has 0 amide bonds. The second-order valence-corrected chi connectivity index (χ2v) is 6.64. The van der Waals surface area contributed by atoms with Crippen molar-refractivity contribution in [2.75, 3.05) is 19.4 Å². The van der Waals surface area contributed by atoms with Gasteiger partial charge in [-0.2, -0.15) is 0 Å². The van der Waals surface area contributed by atoms with Gasteiger partial charge in [0.05, 0.1) is 6.61 Å². The Hall–Kier alpha value is -0.270. The van der Waals surface area contributed by atoms with Crippen molar-refractivity contribution in [1.29, 1.82) is 0 Å². The van der Waals surface area contributed by atoms with Crippen molar-refractivity contribution in [3.8, 4) is 0 Å². The number of carbonyl (C=O) groups excluding carboxylic acids is 1. The minimum atomic E-state index is -2.57. The van der Waals surface area contributed by atoms with E-state index >= 15 is 0 Å². The molecule has 0 radical (unpaired) electrons. The lowest BCUT2D eigenvalue weighted by Crippen LogP contribution is -2.04. The van der Waals surface area contributed by atoms with E-state index in [9.17, 15) is 9.36 Å². The minimum Gasteiger partial charge on any atom is -0.462 e. The van der Waals surface area contributed by atoms with Gasteiger partial charge < -0.3 is 9.30 Å². The predicted octanol–water partition coefficient (Wildman–Crippen LogP) is 1.86. The molecule has 0 rings (SSSR count). The van der Waals surface area contributed by atoms with Crippen LogP contribution in [0.15, 0.2) is 12.7 Å². The summed E-state index contributed by atoms with van der Waals surface area (Å²) >= 11 is 5.40. The van der Waals surface area contributed by atoms with E-state index in [1.54, 1.807) is 0 Å². The maximum atomic E-state index is 10.8. The average molecular weight is 197 g/mol. The Morgan fingerprint density at radius 1 is 1.82 bits per heavy atom. The quantitative estimate of drug-likeness (QED) is 0.392. The molecule has 0 aliphatic heterocycles. The van der Waals surface area contributed by atoms with Gasteiger partial charge in [-0.25, -0.2) is 4.79 Å². The van der Waals surface area contributed by atoms with E-state index in [1.165, 1.54) is 6.66 Å². The molecule has 0 bridgehead atoms. The molecule has 1 atom stereocenters. The second kappa shape index (κ2) is 4.58. The largest absolute Gasteiger partial charge is 0.462 e. The summed E-state index contributed by atoms with van der Waals surface area (Å²) in [6, 6.07) is 0. The monoisotopic (exact) mass is 196 g/mol. The van der Waals surface area contributed by atoms with Gasteiger partial charge in [-0.05, 0) is 0 Å². The van der Waals surface area contributed by atoms with E-state index < -0.39 is 12.5 Å². The van der Waals surface area contributed by atoms with E-state index in [-0.39, 0.29) is 12.8 Å². The van der Waals surface area contributed by atoms with Crippen molar-refractivity contribution in [2.45, 2.75) is 0 Å². The van der Waals surface area contributed by atoms with Crippen molar-refractivity contribution in [2.24, 2.45) is 0 Å². The molecule has 0 saturated heterocycles. The molecule has 0 heterocycles. The highest BCUT2D eigenvalue weighted by Gasteiger charge is 2.10. The highest BCUT2D eigenvalue weighted by atomic mass is 35.7. The number of ether oxygens (including phenoxy) is 1. The highest BCUT2D eigenvalue weighted by Crippen LogP contribution is 2.46. The molecule has 64 valence electrons. The fraction of sp³-hybridized carbons (Fsp3) is 0.500. The number of esters is 1. The molecule has 0 aliphatic carbocycles. The summed E-state index contributed by atoms with van der Waals surface area (Å²) in [6.07, 6.45) is 1.25. The van der Waals surface area contributed by atoms with Crippen LogP contribution in [0.1, 0.15) is 0 Å². The molecule has 0 N–H and O–H groups in total. The normalized spacial score (nSPS) is 15.1. The Balaban J connectivity index is 3.51. The van der Waals surface area contributed by atoms with Crippen molar-refractivity contribution in [3.63, 3.8) is 0 Å². The number of rotatable bonds is 4. The molecule has 0 fully saturated rings. The van der Waals surface area contributed by atoms with Crippen LogP contribution in [0.4, 0.5) is 0 Å². The third-order valence-electron chi connectivity index (χ3n) is 0.902. The molecule has 3 nitrogen and oxygen atoms in total. The van der Waals surface area contributed by atoms with E-state index in [4.69, 9.17) is 11.2 Å². The second-order valence-electron chi connectivity index (χ2n) is 2.08. The van der Waals surface area contributed by atoms with Crippen molar-refractivity contribution in [3.05, 3.63) is 12.7 Å². The summed E-state index contributed by atoms with van der Waals surface area (Å²) in [5.41, 5.74) is 0. The van der Waals surface area contributed by atoms with E-state index in [2.05, 4.69) is 11.3 Å². The molecule has 11 heavy (non-hydrogen) atoms. The number of carbonyl (C=O) groups is 1. The van der Waals surface area contributed by atoms with Gasteiger partial charge in [-0.1, -0.05) is 17.8 Å². The highest BCUT2D eigenvalue weighted by molar-refractivity contribution is 7.88. The molecule has 0 saturated carbocycles. The zero-order valence-corrected chi connectivity index (χ0v) is 7.90. The summed E-state index contributed by atoms with van der Waals surface area (Å²) < 4.78 is 15.4. The maximum absolute atomic E-state index is 10.8. The topological polar surface area (TPSA) is 43.4 Å². The lowest BCUT2D eigenvalue weighted by Gasteiger charge is -2.03. The Kier molecular flexibility index (Phi) is 4.46. The van der Waals surface area contributed by atoms with Crippen LogP contribution in [0, 0.1) is 0 Å².